The van der Waals surface area contributed by atoms with Gasteiger partial charge in [-0.15, -0.1) is 0 Å². The molecule has 0 atom stereocenters. The first kappa shape index (κ1) is 20.6. The molecule has 0 spiro atoms. The largest absolute Gasteiger partial charge is 0.326 e. The Morgan fingerprint density at radius 2 is 1.71 bits per heavy atom. The Labute approximate surface area is 167 Å². The highest BCUT2D eigenvalue weighted by molar-refractivity contribution is 7.89. The first-order chi connectivity index (χ1) is 13.3. The Hall–Kier alpha value is -2.18. The predicted octanol–water partition coefficient (Wildman–Crippen LogP) is 4.16. The van der Waals surface area contributed by atoms with Gasteiger partial charge in [0.05, 0.1) is 4.90 Å². The fourth-order valence-electron chi connectivity index (χ4n) is 3.44. The van der Waals surface area contributed by atoms with Crippen molar-refractivity contribution in [2.75, 3.05) is 18.4 Å². The summed E-state index contributed by atoms with van der Waals surface area (Å²) in [6, 6.07) is 14.8. The zero-order valence-electron chi connectivity index (χ0n) is 16.7. The predicted molar refractivity (Wildman–Crippen MR) is 112 cm³/mol. The lowest BCUT2D eigenvalue weighted by Crippen LogP contribution is -2.41. The lowest BCUT2D eigenvalue weighted by atomic mass is 9.97. The van der Waals surface area contributed by atoms with Crippen LogP contribution in [0.2, 0.25) is 0 Å². The zero-order valence-corrected chi connectivity index (χ0v) is 17.5. The molecule has 0 radical (unpaired) electrons. The number of nitrogens with zero attached hydrogens (tertiary/aromatic N) is 1. The van der Waals surface area contributed by atoms with Gasteiger partial charge in [-0.3, -0.25) is 4.79 Å². The molecule has 28 heavy (non-hydrogen) atoms. The SMILES string of the molecule is Cc1ccc(S(=O)(=O)N2CCC(C(=O)Nc3cccc(C(C)C)c3)CC2)cc1. The van der Waals surface area contributed by atoms with E-state index in [1.165, 1.54) is 9.87 Å². The van der Waals surface area contributed by atoms with Crippen molar-refractivity contribution in [1.29, 1.82) is 0 Å². The third-order valence-corrected chi connectivity index (χ3v) is 7.22. The van der Waals surface area contributed by atoms with Crippen LogP contribution < -0.4 is 5.32 Å². The maximum absolute atomic E-state index is 12.8. The number of hydrogen-bond donors (Lipinski definition) is 1. The van der Waals surface area contributed by atoms with Crippen LogP contribution in [0.15, 0.2) is 53.4 Å². The van der Waals surface area contributed by atoms with Crippen molar-refractivity contribution in [3.05, 3.63) is 59.7 Å². The van der Waals surface area contributed by atoms with E-state index >= 15 is 0 Å². The molecule has 0 aromatic heterocycles. The summed E-state index contributed by atoms with van der Waals surface area (Å²) in [6.07, 6.45) is 1.06. The van der Waals surface area contributed by atoms with Gasteiger partial charge in [-0.1, -0.05) is 43.7 Å². The molecular formula is C22H28N2O3S. The van der Waals surface area contributed by atoms with Crippen LogP contribution in [0.3, 0.4) is 0 Å². The van der Waals surface area contributed by atoms with E-state index in [2.05, 4.69) is 25.2 Å². The number of amides is 1. The van der Waals surface area contributed by atoms with E-state index in [1.807, 2.05) is 25.1 Å². The maximum Gasteiger partial charge on any atom is 0.243 e. The molecule has 0 unspecified atom stereocenters. The number of anilines is 1. The molecule has 1 amide bonds. The molecule has 150 valence electrons. The van der Waals surface area contributed by atoms with Crippen LogP contribution in [0.4, 0.5) is 5.69 Å². The molecule has 6 heteroatoms. The number of rotatable bonds is 5. The molecular weight excluding hydrogens is 372 g/mol. The molecule has 1 N–H and O–H groups in total. The van der Waals surface area contributed by atoms with Crippen LogP contribution in [-0.2, 0) is 14.8 Å². The van der Waals surface area contributed by atoms with Crippen LogP contribution in [-0.4, -0.2) is 31.7 Å². The number of aryl methyl sites for hydroxylation is 1. The zero-order chi connectivity index (χ0) is 20.3. The summed E-state index contributed by atoms with van der Waals surface area (Å²) in [7, 11) is -3.50. The number of nitrogens with one attached hydrogen (secondary N) is 1. The second-order valence-electron chi connectivity index (χ2n) is 7.76. The van der Waals surface area contributed by atoms with Crippen LogP contribution in [0.25, 0.3) is 0 Å². The van der Waals surface area contributed by atoms with Gasteiger partial charge in [-0.2, -0.15) is 4.31 Å². The number of benzene rings is 2. The van der Waals surface area contributed by atoms with Crippen LogP contribution in [0, 0.1) is 12.8 Å². The van der Waals surface area contributed by atoms with E-state index in [9.17, 15) is 13.2 Å². The second kappa shape index (κ2) is 8.45. The lowest BCUT2D eigenvalue weighted by molar-refractivity contribution is -0.120. The third kappa shape index (κ3) is 4.62. The van der Waals surface area contributed by atoms with Crippen LogP contribution in [0.5, 0.6) is 0 Å². The van der Waals surface area contributed by atoms with Crippen LogP contribution in [0.1, 0.15) is 43.7 Å². The first-order valence-electron chi connectivity index (χ1n) is 9.75. The van der Waals surface area contributed by atoms with Crippen molar-refractivity contribution in [3.63, 3.8) is 0 Å². The van der Waals surface area contributed by atoms with Crippen molar-refractivity contribution in [1.82, 2.24) is 4.31 Å². The highest BCUT2D eigenvalue weighted by Crippen LogP contribution is 2.26. The molecule has 3 rings (SSSR count). The van der Waals surface area contributed by atoms with Crippen molar-refractivity contribution in [3.8, 4) is 0 Å². The fourth-order valence-corrected chi connectivity index (χ4v) is 4.91. The molecule has 1 fully saturated rings. The highest BCUT2D eigenvalue weighted by Gasteiger charge is 2.32. The Balaban J connectivity index is 1.61. The van der Waals surface area contributed by atoms with Crippen molar-refractivity contribution >= 4 is 21.6 Å². The van der Waals surface area contributed by atoms with Gasteiger partial charge in [0.25, 0.3) is 0 Å². The molecule has 5 nitrogen and oxygen atoms in total. The van der Waals surface area contributed by atoms with Crippen LogP contribution >= 0.6 is 0 Å². The molecule has 2 aromatic rings. The molecule has 1 heterocycles. The maximum atomic E-state index is 12.8. The van der Waals surface area contributed by atoms with Crippen molar-refractivity contribution in [2.45, 2.75) is 44.4 Å². The average Bonchev–Trinajstić information content (AvgIpc) is 2.68. The molecule has 1 saturated heterocycles. The minimum Gasteiger partial charge on any atom is -0.326 e. The number of sulfonamides is 1. The molecule has 0 saturated carbocycles. The third-order valence-electron chi connectivity index (χ3n) is 5.30. The topological polar surface area (TPSA) is 66.5 Å². The van der Waals surface area contributed by atoms with E-state index in [-0.39, 0.29) is 11.8 Å². The van der Waals surface area contributed by atoms with Gasteiger partial charge in [0, 0.05) is 24.7 Å². The monoisotopic (exact) mass is 400 g/mol. The Bertz CT molecular complexity index is 929. The number of carbonyl (C=O) groups excluding carboxylic acids is 1. The van der Waals surface area contributed by atoms with E-state index in [1.54, 1.807) is 24.3 Å². The standard InChI is InChI=1S/C22H28N2O3S/c1-16(2)19-5-4-6-20(15-19)23-22(25)18-11-13-24(14-12-18)28(26,27)21-9-7-17(3)8-10-21/h4-10,15-16,18H,11-14H2,1-3H3,(H,23,25). The molecule has 0 aliphatic carbocycles. The van der Waals surface area contributed by atoms with E-state index in [0.29, 0.717) is 36.7 Å². The fraction of sp³-hybridized carbons (Fsp3) is 0.409. The first-order valence-corrected chi connectivity index (χ1v) is 11.2. The Morgan fingerprint density at radius 1 is 1.07 bits per heavy atom. The molecule has 0 bridgehead atoms. The lowest BCUT2D eigenvalue weighted by Gasteiger charge is -2.30. The second-order valence-corrected chi connectivity index (χ2v) is 9.70. The number of carbonyl (C=O) groups is 1. The quantitative estimate of drug-likeness (QED) is 0.820. The summed E-state index contributed by atoms with van der Waals surface area (Å²) in [5, 5.41) is 2.99. The normalized spacial score (nSPS) is 16.3. The minimum absolute atomic E-state index is 0.0340. The van der Waals surface area contributed by atoms with Gasteiger partial charge in [0.15, 0.2) is 0 Å². The van der Waals surface area contributed by atoms with E-state index in [4.69, 9.17) is 0 Å². The van der Waals surface area contributed by atoms with Gasteiger partial charge < -0.3 is 5.32 Å². The van der Waals surface area contributed by atoms with Gasteiger partial charge >= 0.3 is 0 Å². The summed E-state index contributed by atoms with van der Waals surface area (Å²) in [6.45, 7) is 6.88. The van der Waals surface area contributed by atoms with Crippen molar-refractivity contribution in [2.24, 2.45) is 5.92 Å². The molecule has 1 aliphatic rings. The van der Waals surface area contributed by atoms with E-state index in [0.717, 1.165) is 11.3 Å². The Kier molecular flexibility index (Phi) is 6.20. The number of hydrogen-bond acceptors (Lipinski definition) is 3. The summed E-state index contributed by atoms with van der Waals surface area (Å²) >= 11 is 0. The van der Waals surface area contributed by atoms with E-state index < -0.39 is 10.0 Å². The van der Waals surface area contributed by atoms with Gasteiger partial charge in [-0.05, 0) is 55.5 Å². The smallest absolute Gasteiger partial charge is 0.243 e. The highest BCUT2D eigenvalue weighted by atomic mass is 32.2. The number of piperidine rings is 1. The van der Waals surface area contributed by atoms with Gasteiger partial charge in [0.1, 0.15) is 0 Å². The van der Waals surface area contributed by atoms with Crippen molar-refractivity contribution < 1.29 is 13.2 Å². The molecule has 1 aliphatic heterocycles. The summed E-state index contributed by atoms with van der Waals surface area (Å²) in [5.74, 6) is 0.188. The Morgan fingerprint density at radius 3 is 2.32 bits per heavy atom. The molecule has 2 aromatic carbocycles. The summed E-state index contributed by atoms with van der Waals surface area (Å²) < 4.78 is 27.1. The summed E-state index contributed by atoms with van der Waals surface area (Å²) in [5.41, 5.74) is 3.00. The van der Waals surface area contributed by atoms with Gasteiger partial charge in [0.2, 0.25) is 15.9 Å². The average molecular weight is 401 g/mol. The minimum atomic E-state index is -3.50. The summed E-state index contributed by atoms with van der Waals surface area (Å²) in [4.78, 5) is 12.9. The van der Waals surface area contributed by atoms with Gasteiger partial charge in [-0.25, -0.2) is 8.42 Å².